The van der Waals surface area contributed by atoms with Crippen LogP contribution in [0.2, 0.25) is 0 Å². The molecule has 1 atom stereocenters. The number of carbonyl (C=O) groups is 1. The van der Waals surface area contributed by atoms with Gasteiger partial charge in [-0.2, -0.15) is 0 Å². The molecule has 1 rings (SSSR count). The summed E-state index contributed by atoms with van der Waals surface area (Å²) >= 11 is 0. The molecular formula is C14H24N2O3. The Morgan fingerprint density at radius 3 is 2.74 bits per heavy atom. The summed E-state index contributed by atoms with van der Waals surface area (Å²) in [6, 6.07) is 3.54. The third-order valence-electron chi connectivity index (χ3n) is 3.16. The van der Waals surface area contributed by atoms with Gasteiger partial charge in [0, 0.05) is 26.7 Å². The van der Waals surface area contributed by atoms with Gasteiger partial charge in [-0.3, -0.25) is 4.79 Å². The fraction of sp³-hybridized carbons (Fsp3) is 0.643. The Hall–Kier alpha value is -1.33. The Labute approximate surface area is 114 Å². The first-order valence-electron chi connectivity index (χ1n) is 6.54. The van der Waals surface area contributed by atoms with Crippen molar-refractivity contribution in [1.82, 2.24) is 4.90 Å². The Morgan fingerprint density at radius 1 is 1.47 bits per heavy atom. The monoisotopic (exact) mass is 268 g/mol. The molecule has 0 saturated carbocycles. The van der Waals surface area contributed by atoms with Gasteiger partial charge in [0.25, 0.3) is 5.91 Å². The summed E-state index contributed by atoms with van der Waals surface area (Å²) in [6.45, 7) is 5.15. The minimum absolute atomic E-state index is 0.107. The van der Waals surface area contributed by atoms with E-state index in [-0.39, 0.29) is 11.9 Å². The van der Waals surface area contributed by atoms with Gasteiger partial charge < -0.3 is 19.8 Å². The van der Waals surface area contributed by atoms with E-state index < -0.39 is 0 Å². The number of nitrogens with two attached hydrogens (primary N) is 1. The van der Waals surface area contributed by atoms with Gasteiger partial charge in [-0.15, -0.1) is 0 Å². The Balaban J connectivity index is 2.51. The molecule has 19 heavy (non-hydrogen) atoms. The molecule has 0 saturated heterocycles. The van der Waals surface area contributed by atoms with Crippen molar-refractivity contribution in [3.63, 3.8) is 0 Å². The summed E-state index contributed by atoms with van der Waals surface area (Å²) in [7, 11) is 3.34. The molecule has 0 radical (unpaired) electrons. The maximum absolute atomic E-state index is 12.1. The second kappa shape index (κ2) is 7.31. The van der Waals surface area contributed by atoms with Crippen LogP contribution in [0.15, 0.2) is 16.5 Å². The molecule has 0 fully saturated rings. The van der Waals surface area contributed by atoms with Crippen LogP contribution < -0.4 is 5.73 Å². The Bertz CT molecular complexity index is 401. The SMILES string of the molecule is COCc1ccc(C(=O)N(C)CCC(N)C(C)C)o1. The first kappa shape index (κ1) is 15.7. The van der Waals surface area contributed by atoms with Crippen molar-refractivity contribution in [2.45, 2.75) is 32.9 Å². The van der Waals surface area contributed by atoms with Crippen LogP contribution in [0.1, 0.15) is 36.6 Å². The van der Waals surface area contributed by atoms with Crippen LogP contribution in [0.25, 0.3) is 0 Å². The smallest absolute Gasteiger partial charge is 0.289 e. The summed E-state index contributed by atoms with van der Waals surface area (Å²) in [6.07, 6.45) is 0.783. The standard InChI is InChI=1S/C14H24N2O3/c1-10(2)12(15)7-8-16(3)14(17)13-6-5-11(19-13)9-18-4/h5-6,10,12H,7-9,15H2,1-4H3. The molecule has 1 amide bonds. The number of methoxy groups -OCH3 is 1. The molecule has 108 valence electrons. The van der Waals surface area contributed by atoms with Crippen LogP contribution in [0.3, 0.4) is 0 Å². The van der Waals surface area contributed by atoms with Gasteiger partial charge in [-0.25, -0.2) is 0 Å². The molecule has 0 aliphatic heterocycles. The number of amides is 1. The molecule has 1 aromatic heterocycles. The van der Waals surface area contributed by atoms with E-state index in [0.717, 1.165) is 6.42 Å². The second-order valence-electron chi connectivity index (χ2n) is 5.12. The van der Waals surface area contributed by atoms with E-state index in [1.807, 2.05) is 0 Å². The van der Waals surface area contributed by atoms with Crippen LogP contribution >= 0.6 is 0 Å². The predicted octanol–water partition coefficient (Wildman–Crippen LogP) is 1.87. The number of furan rings is 1. The average Bonchev–Trinajstić information content (AvgIpc) is 2.83. The van der Waals surface area contributed by atoms with E-state index in [2.05, 4.69) is 13.8 Å². The summed E-state index contributed by atoms with van der Waals surface area (Å²) in [5.41, 5.74) is 5.97. The largest absolute Gasteiger partial charge is 0.453 e. The number of hydrogen-bond acceptors (Lipinski definition) is 4. The average molecular weight is 268 g/mol. The molecule has 0 aliphatic carbocycles. The van der Waals surface area contributed by atoms with Gasteiger partial charge in [0.2, 0.25) is 0 Å². The highest BCUT2D eigenvalue weighted by atomic mass is 16.5. The summed E-state index contributed by atoms with van der Waals surface area (Å²) in [5.74, 6) is 1.28. The van der Waals surface area contributed by atoms with E-state index in [4.69, 9.17) is 14.9 Å². The zero-order valence-corrected chi connectivity index (χ0v) is 12.2. The fourth-order valence-electron chi connectivity index (χ4n) is 1.68. The van der Waals surface area contributed by atoms with Crippen molar-refractivity contribution in [1.29, 1.82) is 0 Å². The van der Waals surface area contributed by atoms with E-state index in [9.17, 15) is 4.79 Å². The molecule has 1 unspecified atom stereocenters. The van der Waals surface area contributed by atoms with E-state index in [0.29, 0.717) is 30.6 Å². The molecule has 0 bridgehead atoms. The highest BCUT2D eigenvalue weighted by Crippen LogP contribution is 2.12. The third-order valence-corrected chi connectivity index (χ3v) is 3.16. The summed E-state index contributed by atoms with van der Waals surface area (Å²) in [5, 5.41) is 0. The van der Waals surface area contributed by atoms with Crippen LogP contribution in [0.5, 0.6) is 0 Å². The Kier molecular flexibility index (Phi) is 6.05. The highest BCUT2D eigenvalue weighted by Gasteiger charge is 2.17. The lowest BCUT2D eigenvalue weighted by molar-refractivity contribution is 0.0750. The maximum atomic E-state index is 12.1. The number of rotatable bonds is 7. The van der Waals surface area contributed by atoms with Crippen LogP contribution in [-0.2, 0) is 11.3 Å². The number of ether oxygens (including phenoxy) is 1. The number of hydrogen-bond donors (Lipinski definition) is 1. The minimum atomic E-state index is -0.127. The van der Waals surface area contributed by atoms with Crippen molar-refractivity contribution in [3.05, 3.63) is 23.7 Å². The van der Waals surface area contributed by atoms with Crippen LogP contribution in [-0.4, -0.2) is 37.6 Å². The molecule has 2 N–H and O–H groups in total. The first-order chi connectivity index (χ1) is 8.95. The molecule has 0 aliphatic rings. The number of nitrogens with zero attached hydrogens (tertiary/aromatic N) is 1. The van der Waals surface area contributed by atoms with Gasteiger partial charge in [0.15, 0.2) is 5.76 Å². The lowest BCUT2D eigenvalue weighted by Crippen LogP contribution is -2.34. The molecule has 5 nitrogen and oxygen atoms in total. The minimum Gasteiger partial charge on any atom is -0.453 e. The van der Waals surface area contributed by atoms with Crippen molar-refractivity contribution in [2.75, 3.05) is 20.7 Å². The zero-order chi connectivity index (χ0) is 14.4. The highest BCUT2D eigenvalue weighted by molar-refractivity contribution is 5.91. The maximum Gasteiger partial charge on any atom is 0.289 e. The lowest BCUT2D eigenvalue weighted by atomic mass is 10.0. The van der Waals surface area contributed by atoms with E-state index >= 15 is 0 Å². The van der Waals surface area contributed by atoms with Crippen LogP contribution in [0, 0.1) is 5.92 Å². The van der Waals surface area contributed by atoms with Crippen molar-refractivity contribution >= 4 is 5.91 Å². The normalized spacial score (nSPS) is 12.7. The lowest BCUT2D eigenvalue weighted by Gasteiger charge is -2.20. The van der Waals surface area contributed by atoms with E-state index in [1.165, 1.54) is 0 Å². The zero-order valence-electron chi connectivity index (χ0n) is 12.2. The molecular weight excluding hydrogens is 244 g/mol. The van der Waals surface area contributed by atoms with Gasteiger partial charge >= 0.3 is 0 Å². The first-order valence-corrected chi connectivity index (χ1v) is 6.54. The topological polar surface area (TPSA) is 68.7 Å². The quantitative estimate of drug-likeness (QED) is 0.819. The molecule has 0 aromatic carbocycles. The molecule has 1 heterocycles. The number of carbonyl (C=O) groups excluding carboxylic acids is 1. The third kappa shape index (κ3) is 4.69. The van der Waals surface area contributed by atoms with Gasteiger partial charge in [0.1, 0.15) is 12.4 Å². The van der Waals surface area contributed by atoms with Crippen molar-refractivity contribution in [2.24, 2.45) is 11.7 Å². The predicted molar refractivity (Wildman–Crippen MR) is 73.8 cm³/mol. The van der Waals surface area contributed by atoms with Gasteiger partial charge in [-0.1, -0.05) is 13.8 Å². The molecule has 1 aromatic rings. The van der Waals surface area contributed by atoms with Crippen LogP contribution in [0.4, 0.5) is 0 Å². The van der Waals surface area contributed by atoms with Gasteiger partial charge in [-0.05, 0) is 24.5 Å². The van der Waals surface area contributed by atoms with Crippen molar-refractivity contribution < 1.29 is 13.9 Å². The second-order valence-corrected chi connectivity index (χ2v) is 5.12. The summed E-state index contributed by atoms with van der Waals surface area (Å²) < 4.78 is 10.4. The summed E-state index contributed by atoms with van der Waals surface area (Å²) in [4.78, 5) is 13.7. The van der Waals surface area contributed by atoms with Gasteiger partial charge in [0.05, 0.1) is 0 Å². The van der Waals surface area contributed by atoms with Crippen molar-refractivity contribution in [3.8, 4) is 0 Å². The fourth-order valence-corrected chi connectivity index (χ4v) is 1.68. The van der Waals surface area contributed by atoms with E-state index in [1.54, 1.807) is 31.2 Å². The molecule has 5 heteroatoms. The Morgan fingerprint density at radius 2 is 2.16 bits per heavy atom. The molecule has 0 spiro atoms.